The van der Waals surface area contributed by atoms with E-state index in [0.717, 1.165) is 18.1 Å². The van der Waals surface area contributed by atoms with Crippen LogP contribution in [0.2, 0.25) is 0 Å². The zero-order chi connectivity index (χ0) is 12.8. The molecule has 1 atom stereocenters. The summed E-state index contributed by atoms with van der Waals surface area (Å²) in [5.74, 6) is 1.40. The highest BCUT2D eigenvalue weighted by atomic mass is 32.2. The maximum atomic E-state index is 12.2. The number of hydrogen-bond acceptors (Lipinski definition) is 5. The standard InChI is InChI=1S/C11H20N2O3S/c1-8(2)13(6-10(14)16-3)11(15)9-7-17-5-4-12-9/h8-9,12H,4-7H2,1-3H3. The molecule has 0 spiro atoms. The molecule has 0 aliphatic carbocycles. The summed E-state index contributed by atoms with van der Waals surface area (Å²) < 4.78 is 4.61. The van der Waals surface area contributed by atoms with Crippen LogP contribution in [-0.2, 0) is 14.3 Å². The van der Waals surface area contributed by atoms with Gasteiger partial charge in [0.2, 0.25) is 5.91 Å². The number of rotatable bonds is 4. The maximum absolute atomic E-state index is 12.2. The Morgan fingerprint density at radius 1 is 1.53 bits per heavy atom. The summed E-state index contributed by atoms with van der Waals surface area (Å²) in [6.45, 7) is 4.66. The number of carbonyl (C=O) groups is 2. The first-order valence-electron chi connectivity index (χ1n) is 5.74. The van der Waals surface area contributed by atoms with Gasteiger partial charge in [0, 0.05) is 24.1 Å². The van der Waals surface area contributed by atoms with Gasteiger partial charge in [-0.2, -0.15) is 11.8 Å². The van der Waals surface area contributed by atoms with Crippen molar-refractivity contribution in [2.75, 3.05) is 31.7 Å². The molecule has 1 rings (SSSR count). The monoisotopic (exact) mass is 260 g/mol. The summed E-state index contributed by atoms with van der Waals surface area (Å²) in [7, 11) is 1.33. The molecule has 1 heterocycles. The Bertz CT molecular complexity index is 278. The van der Waals surface area contributed by atoms with Crippen molar-refractivity contribution in [2.24, 2.45) is 0 Å². The second-order valence-corrected chi connectivity index (χ2v) is 5.37. The van der Waals surface area contributed by atoms with Crippen LogP contribution in [0, 0.1) is 0 Å². The molecule has 0 radical (unpaired) electrons. The number of carbonyl (C=O) groups excluding carboxylic acids is 2. The quantitative estimate of drug-likeness (QED) is 0.727. The van der Waals surface area contributed by atoms with Crippen molar-refractivity contribution in [1.29, 1.82) is 0 Å². The Balaban J connectivity index is 2.62. The molecule has 1 N–H and O–H groups in total. The minimum atomic E-state index is -0.379. The molecule has 0 aromatic rings. The van der Waals surface area contributed by atoms with Crippen LogP contribution in [0.5, 0.6) is 0 Å². The van der Waals surface area contributed by atoms with E-state index in [0.29, 0.717) is 0 Å². The number of amides is 1. The molecule has 0 bridgehead atoms. The van der Waals surface area contributed by atoms with Crippen LogP contribution >= 0.6 is 11.8 Å². The number of nitrogens with one attached hydrogen (secondary N) is 1. The summed E-state index contributed by atoms with van der Waals surface area (Å²) in [6.07, 6.45) is 0. The highest BCUT2D eigenvalue weighted by Crippen LogP contribution is 2.11. The van der Waals surface area contributed by atoms with Crippen LogP contribution in [0.25, 0.3) is 0 Å². The van der Waals surface area contributed by atoms with E-state index in [9.17, 15) is 9.59 Å². The zero-order valence-electron chi connectivity index (χ0n) is 10.6. The first kappa shape index (κ1) is 14.3. The average Bonchev–Trinajstić information content (AvgIpc) is 2.35. The fourth-order valence-electron chi connectivity index (χ4n) is 1.64. The molecule has 0 saturated carbocycles. The third-order valence-electron chi connectivity index (χ3n) is 2.65. The van der Waals surface area contributed by atoms with Crippen molar-refractivity contribution < 1.29 is 14.3 Å². The van der Waals surface area contributed by atoms with Crippen LogP contribution in [0.4, 0.5) is 0 Å². The molecule has 0 aromatic heterocycles. The third-order valence-corrected chi connectivity index (χ3v) is 3.72. The van der Waals surface area contributed by atoms with Gasteiger partial charge < -0.3 is 15.0 Å². The lowest BCUT2D eigenvalue weighted by atomic mass is 10.2. The number of hydrogen-bond donors (Lipinski definition) is 1. The Hall–Kier alpha value is -0.750. The Morgan fingerprint density at radius 2 is 2.24 bits per heavy atom. The van der Waals surface area contributed by atoms with E-state index < -0.39 is 0 Å². The van der Waals surface area contributed by atoms with E-state index in [-0.39, 0.29) is 30.5 Å². The smallest absolute Gasteiger partial charge is 0.325 e. The van der Waals surface area contributed by atoms with Gasteiger partial charge in [-0.1, -0.05) is 0 Å². The summed E-state index contributed by atoms with van der Waals surface area (Å²) in [5, 5.41) is 3.18. The lowest BCUT2D eigenvalue weighted by Crippen LogP contribution is -2.53. The molecule has 6 heteroatoms. The Labute approximate surface area is 106 Å². The number of ether oxygens (including phenoxy) is 1. The number of thioether (sulfide) groups is 1. The van der Waals surface area contributed by atoms with Crippen molar-refractivity contribution in [1.82, 2.24) is 10.2 Å². The highest BCUT2D eigenvalue weighted by Gasteiger charge is 2.28. The first-order chi connectivity index (χ1) is 8.06. The lowest BCUT2D eigenvalue weighted by molar-refractivity contribution is -0.148. The van der Waals surface area contributed by atoms with Crippen LogP contribution in [0.1, 0.15) is 13.8 Å². The molecule has 5 nitrogen and oxygen atoms in total. The number of methoxy groups -OCH3 is 1. The van der Waals surface area contributed by atoms with Gasteiger partial charge in [-0.05, 0) is 13.8 Å². The van der Waals surface area contributed by atoms with Gasteiger partial charge in [-0.25, -0.2) is 0 Å². The van der Waals surface area contributed by atoms with Crippen LogP contribution < -0.4 is 5.32 Å². The van der Waals surface area contributed by atoms with Gasteiger partial charge in [0.1, 0.15) is 6.54 Å². The van der Waals surface area contributed by atoms with Gasteiger partial charge in [-0.3, -0.25) is 9.59 Å². The molecule has 1 fully saturated rings. The largest absolute Gasteiger partial charge is 0.468 e. The number of esters is 1. The molecule has 1 aliphatic rings. The molecule has 1 unspecified atom stereocenters. The van der Waals surface area contributed by atoms with Gasteiger partial charge in [-0.15, -0.1) is 0 Å². The molecule has 1 saturated heterocycles. The summed E-state index contributed by atoms with van der Waals surface area (Å²) in [6, 6.07) is -0.184. The van der Waals surface area contributed by atoms with Gasteiger partial charge >= 0.3 is 5.97 Å². The predicted molar refractivity (Wildman–Crippen MR) is 68.0 cm³/mol. The fourth-order valence-corrected chi connectivity index (χ4v) is 2.57. The van der Waals surface area contributed by atoms with Gasteiger partial charge in [0.25, 0.3) is 0 Å². The summed E-state index contributed by atoms with van der Waals surface area (Å²) >= 11 is 1.76. The maximum Gasteiger partial charge on any atom is 0.325 e. The molecular weight excluding hydrogens is 240 g/mol. The van der Waals surface area contributed by atoms with Crippen LogP contribution in [0.15, 0.2) is 0 Å². The van der Waals surface area contributed by atoms with Gasteiger partial charge in [0.05, 0.1) is 13.2 Å². The van der Waals surface area contributed by atoms with Crippen molar-refractivity contribution in [3.05, 3.63) is 0 Å². The highest BCUT2D eigenvalue weighted by molar-refractivity contribution is 7.99. The lowest BCUT2D eigenvalue weighted by Gasteiger charge is -2.31. The molecule has 17 heavy (non-hydrogen) atoms. The molecule has 1 aliphatic heterocycles. The van der Waals surface area contributed by atoms with E-state index in [1.54, 1.807) is 16.7 Å². The molecule has 1 amide bonds. The average molecular weight is 260 g/mol. The fraction of sp³-hybridized carbons (Fsp3) is 0.818. The zero-order valence-corrected chi connectivity index (χ0v) is 11.4. The SMILES string of the molecule is COC(=O)CN(C(=O)C1CSCCN1)C(C)C. The van der Waals surface area contributed by atoms with Crippen molar-refractivity contribution in [3.8, 4) is 0 Å². The summed E-state index contributed by atoms with van der Waals surface area (Å²) in [4.78, 5) is 25.1. The second kappa shape index (κ2) is 6.86. The molecular formula is C11H20N2O3S. The van der Waals surface area contributed by atoms with Gasteiger partial charge in [0.15, 0.2) is 0 Å². The van der Waals surface area contributed by atoms with E-state index >= 15 is 0 Å². The normalized spacial score (nSPS) is 20.1. The Kier molecular flexibility index (Phi) is 5.77. The van der Waals surface area contributed by atoms with E-state index in [4.69, 9.17) is 0 Å². The number of nitrogens with zero attached hydrogens (tertiary/aromatic N) is 1. The minimum absolute atomic E-state index is 0.00433. The van der Waals surface area contributed by atoms with Crippen molar-refractivity contribution in [2.45, 2.75) is 25.9 Å². The van der Waals surface area contributed by atoms with Crippen LogP contribution in [0.3, 0.4) is 0 Å². The Morgan fingerprint density at radius 3 is 2.71 bits per heavy atom. The second-order valence-electron chi connectivity index (χ2n) is 4.22. The van der Waals surface area contributed by atoms with E-state index in [1.165, 1.54) is 7.11 Å². The van der Waals surface area contributed by atoms with E-state index in [1.807, 2.05) is 13.8 Å². The van der Waals surface area contributed by atoms with Crippen molar-refractivity contribution in [3.63, 3.8) is 0 Å². The summed E-state index contributed by atoms with van der Waals surface area (Å²) in [5.41, 5.74) is 0. The third kappa shape index (κ3) is 4.20. The molecule has 0 aromatic carbocycles. The molecule has 98 valence electrons. The minimum Gasteiger partial charge on any atom is -0.468 e. The van der Waals surface area contributed by atoms with Crippen molar-refractivity contribution >= 4 is 23.6 Å². The van der Waals surface area contributed by atoms with E-state index in [2.05, 4.69) is 10.1 Å². The topological polar surface area (TPSA) is 58.6 Å². The first-order valence-corrected chi connectivity index (χ1v) is 6.90. The van der Waals surface area contributed by atoms with Crippen LogP contribution in [-0.4, -0.2) is 60.6 Å². The predicted octanol–water partition coefficient (Wildman–Crippen LogP) is 0.101.